The first kappa shape index (κ1) is 11.6. The van der Waals surface area contributed by atoms with E-state index >= 15 is 0 Å². The third kappa shape index (κ3) is 1.98. The van der Waals surface area contributed by atoms with E-state index in [1.807, 2.05) is 0 Å². The van der Waals surface area contributed by atoms with Crippen molar-refractivity contribution in [3.05, 3.63) is 28.8 Å². The summed E-state index contributed by atoms with van der Waals surface area (Å²) in [5.74, 6) is 1.50. The number of nitrogens with two attached hydrogens (primary N) is 1. The summed E-state index contributed by atoms with van der Waals surface area (Å²) in [4.78, 5) is 10.8. The molecule has 0 aromatic heterocycles. The van der Waals surface area contributed by atoms with Gasteiger partial charge in [0.15, 0.2) is 0 Å². The van der Waals surface area contributed by atoms with Crippen molar-refractivity contribution in [3.63, 3.8) is 0 Å². The fraction of sp³-hybridized carbons (Fsp3) is 0.533. The molecule has 0 fully saturated rings. The SMILES string of the molecule is NC(=O)CCCC1CCc2ccc3c(c21)CCO3. The van der Waals surface area contributed by atoms with Crippen molar-refractivity contribution in [2.24, 2.45) is 5.73 Å². The fourth-order valence-electron chi connectivity index (χ4n) is 3.36. The number of rotatable bonds is 4. The number of hydrogen-bond acceptors (Lipinski definition) is 2. The van der Waals surface area contributed by atoms with Gasteiger partial charge in [-0.25, -0.2) is 0 Å². The van der Waals surface area contributed by atoms with E-state index in [0.29, 0.717) is 12.3 Å². The summed E-state index contributed by atoms with van der Waals surface area (Å²) >= 11 is 0. The summed E-state index contributed by atoms with van der Waals surface area (Å²) in [5, 5.41) is 0. The van der Waals surface area contributed by atoms with Crippen LogP contribution in [0.5, 0.6) is 5.75 Å². The summed E-state index contributed by atoms with van der Waals surface area (Å²) in [6, 6.07) is 4.33. The highest BCUT2D eigenvalue weighted by Crippen LogP contribution is 2.43. The Balaban J connectivity index is 1.78. The van der Waals surface area contributed by atoms with Crippen molar-refractivity contribution in [2.45, 2.75) is 44.4 Å². The minimum atomic E-state index is -0.185. The Bertz CT molecular complexity index is 482. The standard InChI is InChI=1S/C15H19NO2/c16-14(17)3-1-2-10-4-5-11-6-7-13-12(15(10)11)8-9-18-13/h6-7,10H,1-5,8-9H2,(H2,16,17). The third-order valence-electron chi connectivity index (χ3n) is 4.16. The number of benzene rings is 1. The predicted octanol–water partition coefficient (Wildman–Crippen LogP) is 2.31. The van der Waals surface area contributed by atoms with Crippen molar-refractivity contribution in [1.82, 2.24) is 0 Å². The van der Waals surface area contributed by atoms with Gasteiger partial charge in [-0.2, -0.15) is 0 Å². The first-order valence-electron chi connectivity index (χ1n) is 6.81. The first-order valence-corrected chi connectivity index (χ1v) is 6.81. The second-order valence-electron chi connectivity index (χ2n) is 5.31. The largest absolute Gasteiger partial charge is 0.493 e. The zero-order valence-electron chi connectivity index (χ0n) is 10.6. The highest BCUT2D eigenvalue weighted by Gasteiger charge is 2.28. The Kier molecular flexibility index (Phi) is 2.98. The lowest BCUT2D eigenvalue weighted by Crippen LogP contribution is -2.10. The molecule has 3 nitrogen and oxygen atoms in total. The van der Waals surface area contributed by atoms with Gasteiger partial charge in [0.25, 0.3) is 0 Å². The highest BCUT2D eigenvalue weighted by atomic mass is 16.5. The molecular weight excluding hydrogens is 226 g/mol. The maximum absolute atomic E-state index is 10.8. The maximum atomic E-state index is 10.8. The quantitative estimate of drug-likeness (QED) is 0.885. The fourth-order valence-corrected chi connectivity index (χ4v) is 3.36. The predicted molar refractivity (Wildman–Crippen MR) is 69.7 cm³/mol. The van der Waals surface area contributed by atoms with Crippen molar-refractivity contribution in [2.75, 3.05) is 6.61 Å². The molecule has 1 amide bonds. The first-order chi connectivity index (χ1) is 8.75. The molecule has 2 N–H and O–H groups in total. The molecule has 0 saturated carbocycles. The average Bonchev–Trinajstić information content (AvgIpc) is 2.93. The van der Waals surface area contributed by atoms with E-state index in [0.717, 1.165) is 31.6 Å². The minimum Gasteiger partial charge on any atom is -0.493 e. The lowest BCUT2D eigenvalue weighted by molar-refractivity contribution is -0.118. The molecule has 1 aliphatic carbocycles. The number of carbonyl (C=O) groups excluding carboxylic acids is 1. The second kappa shape index (κ2) is 4.63. The van der Waals surface area contributed by atoms with Crippen LogP contribution in [0.1, 0.15) is 48.3 Å². The topological polar surface area (TPSA) is 52.3 Å². The molecular formula is C15H19NO2. The van der Waals surface area contributed by atoms with Gasteiger partial charge in [-0.3, -0.25) is 4.79 Å². The summed E-state index contributed by atoms with van der Waals surface area (Å²) in [6.07, 6.45) is 5.92. The lowest BCUT2D eigenvalue weighted by Gasteiger charge is -2.14. The van der Waals surface area contributed by atoms with E-state index in [1.165, 1.54) is 29.5 Å². The Morgan fingerprint density at radius 2 is 2.28 bits per heavy atom. The Hall–Kier alpha value is -1.51. The monoisotopic (exact) mass is 245 g/mol. The van der Waals surface area contributed by atoms with Crippen LogP contribution >= 0.6 is 0 Å². The number of aryl methyl sites for hydroxylation is 1. The van der Waals surface area contributed by atoms with Gasteiger partial charge >= 0.3 is 0 Å². The van der Waals surface area contributed by atoms with Crippen LogP contribution in [0.2, 0.25) is 0 Å². The summed E-state index contributed by atoms with van der Waals surface area (Å²) in [6.45, 7) is 0.819. The van der Waals surface area contributed by atoms with Crippen molar-refractivity contribution in [3.8, 4) is 5.75 Å². The van der Waals surface area contributed by atoms with Crippen LogP contribution in [0, 0.1) is 0 Å². The van der Waals surface area contributed by atoms with Crippen LogP contribution in [0.3, 0.4) is 0 Å². The molecule has 18 heavy (non-hydrogen) atoms. The van der Waals surface area contributed by atoms with Crippen molar-refractivity contribution >= 4 is 5.91 Å². The van der Waals surface area contributed by atoms with E-state index in [1.54, 1.807) is 0 Å². The molecule has 1 atom stereocenters. The molecule has 96 valence electrons. The van der Waals surface area contributed by atoms with E-state index in [2.05, 4.69) is 12.1 Å². The molecule has 0 bridgehead atoms. The second-order valence-corrected chi connectivity index (χ2v) is 5.31. The zero-order chi connectivity index (χ0) is 12.5. The van der Waals surface area contributed by atoms with Gasteiger partial charge in [-0.05, 0) is 48.8 Å². The van der Waals surface area contributed by atoms with Crippen LogP contribution in [-0.2, 0) is 17.6 Å². The summed E-state index contributed by atoms with van der Waals surface area (Å²) in [7, 11) is 0. The highest BCUT2D eigenvalue weighted by molar-refractivity contribution is 5.73. The Morgan fingerprint density at radius 1 is 1.39 bits per heavy atom. The van der Waals surface area contributed by atoms with Gasteiger partial charge in [-0.1, -0.05) is 6.07 Å². The van der Waals surface area contributed by atoms with Crippen LogP contribution in [0.25, 0.3) is 0 Å². The smallest absolute Gasteiger partial charge is 0.217 e. The lowest BCUT2D eigenvalue weighted by atomic mass is 9.90. The van der Waals surface area contributed by atoms with Gasteiger partial charge in [-0.15, -0.1) is 0 Å². The Labute approximate surface area is 107 Å². The Morgan fingerprint density at radius 3 is 3.11 bits per heavy atom. The number of primary amides is 1. The molecule has 3 heteroatoms. The number of amides is 1. The maximum Gasteiger partial charge on any atom is 0.217 e. The van der Waals surface area contributed by atoms with Gasteiger partial charge in [0.05, 0.1) is 6.61 Å². The van der Waals surface area contributed by atoms with Crippen molar-refractivity contribution < 1.29 is 9.53 Å². The van der Waals surface area contributed by atoms with Crippen LogP contribution < -0.4 is 10.5 Å². The summed E-state index contributed by atoms with van der Waals surface area (Å²) in [5.41, 5.74) is 9.64. The van der Waals surface area contributed by atoms with E-state index in [4.69, 9.17) is 10.5 Å². The van der Waals surface area contributed by atoms with Gasteiger partial charge in [0.1, 0.15) is 5.75 Å². The zero-order valence-corrected chi connectivity index (χ0v) is 10.6. The number of ether oxygens (including phenoxy) is 1. The van der Waals surface area contributed by atoms with E-state index < -0.39 is 0 Å². The number of hydrogen-bond donors (Lipinski definition) is 1. The van der Waals surface area contributed by atoms with Gasteiger partial charge in [0, 0.05) is 18.4 Å². The van der Waals surface area contributed by atoms with Crippen LogP contribution in [0.4, 0.5) is 0 Å². The van der Waals surface area contributed by atoms with Gasteiger partial charge in [0.2, 0.25) is 5.91 Å². The van der Waals surface area contributed by atoms with E-state index in [9.17, 15) is 4.79 Å². The van der Waals surface area contributed by atoms with Crippen molar-refractivity contribution in [1.29, 1.82) is 0 Å². The molecule has 1 aromatic carbocycles. The molecule has 1 heterocycles. The molecule has 1 aromatic rings. The molecule has 0 saturated heterocycles. The number of carbonyl (C=O) groups is 1. The minimum absolute atomic E-state index is 0.185. The molecule has 1 unspecified atom stereocenters. The van der Waals surface area contributed by atoms with Crippen LogP contribution in [-0.4, -0.2) is 12.5 Å². The van der Waals surface area contributed by atoms with Gasteiger partial charge < -0.3 is 10.5 Å². The molecule has 0 radical (unpaired) electrons. The third-order valence-corrected chi connectivity index (χ3v) is 4.16. The summed E-state index contributed by atoms with van der Waals surface area (Å²) < 4.78 is 5.64. The molecule has 0 spiro atoms. The number of fused-ring (bicyclic) bond motifs is 3. The molecule has 2 aliphatic rings. The average molecular weight is 245 g/mol. The van der Waals surface area contributed by atoms with E-state index in [-0.39, 0.29) is 5.91 Å². The molecule has 3 rings (SSSR count). The van der Waals surface area contributed by atoms with Crippen LogP contribution in [0.15, 0.2) is 12.1 Å². The molecule has 1 aliphatic heterocycles. The normalized spacial score (nSPS) is 20.3.